The second-order valence-corrected chi connectivity index (χ2v) is 7.63. The van der Waals surface area contributed by atoms with Crippen molar-refractivity contribution in [1.82, 2.24) is 9.71 Å². The van der Waals surface area contributed by atoms with Crippen molar-refractivity contribution in [1.29, 1.82) is 0 Å². The third kappa shape index (κ3) is 5.62. The molecule has 1 unspecified atom stereocenters. The minimum Gasteiger partial charge on any atom is -0.497 e. The molecule has 0 radical (unpaired) electrons. The first-order valence-corrected chi connectivity index (χ1v) is 9.69. The van der Waals surface area contributed by atoms with Crippen LogP contribution in [0.25, 0.3) is 0 Å². The smallest absolute Gasteiger partial charge is 0.211 e. The maximum atomic E-state index is 12.0. The molecule has 0 amide bonds. The first kappa shape index (κ1) is 18.4. The molecule has 1 aromatic heterocycles. The average Bonchev–Trinajstić information content (AvgIpc) is 2.59. The van der Waals surface area contributed by atoms with Crippen LogP contribution in [0.2, 0.25) is 0 Å². The highest BCUT2D eigenvalue weighted by Crippen LogP contribution is 2.23. The van der Waals surface area contributed by atoms with Gasteiger partial charge in [0.1, 0.15) is 5.75 Å². The lowest BCUT2D eigenvalue weighted by molar-refractivity contribution is 0.414. The topological polar surface area (TPSA) is 68.3 Å². The van der Waals surface area contributed by atoms with Crippen LogP contribution in [0.1, 0.15) is 30.4 Å². The van der Waals surface area contributed by atoms with Crippen LogP contribution in [0.15, 0.2) is 48.8 Å². The summed E-state index contributed by atoms with van der Waals surface area (Å²) >= 11 is 0. The quantitative estimate of drug-likeness (QED) is 0.756. The van der Waals surface area contributed by atoms with E-state index in [-0.39, 0.29) is 11.7 Å². The van der Waals surface area contributed by atoms with Crippen molar-refractivity contribution in [3.8, 4) is 5.75 Å². The normalized spacial score (nSPS) is 12.8. The van der Waals surface area contributed by atoms with Crippen LogP contribution in [0.4, 0.5) is 0 Å². The number of hydrogen-bond acceptors (Lipinski definition) is 4. The van der Waals surface area contributed by atoms with Crippen LogP contribution in [-0.4, -0.2) is 32.8 Å². The van der Waals surface area contributed by atoms with Gasteiger partial charge < -0.3 is 4.74 Å². The largest absolute Gasteiger partial charge is 0.497 e. The van der Waals surface area contributed by atoms with E-state index in [1.54, 1.807) is 13.3 Å². The van der Waals surface area contributed by atoms with Gasteiger partial charge in [-0.15, -0.1) is 0 Å². The summed E-state index contributed by atoms with van der Waals surface area (Å²) in [6, 6.07) is 11.6. The summed E-state index contributed by atoms with van der Waals surface area (Å²) in [7, 11) is -1.60. The van der Waals surface area contributed by atoms with Gasteiger partial charge >= 0.3 is 0 Å². The third-order valence-corrected chi connectivity index (χ3v) is 5.37. The van der Waals surface area contributed by atoms with Crippen LogP contribution >= 0.6 is 0 Å². The number of hydrogen-bond donors (Lipinski definition) is 1. The number of ether oxygens (including phenoxy) is 1. The van der Waals surface area contributed by atoms with E-state index in [1.165, 1.54) is 0 Å². The van der Waals surface area contributed by atoms with E-state index in [1.807, 2.05) is 49.5 Å². The van der Waals surface area contributed by atoms with Crippen molar-refractivity contribution >= 4 is 10.0 Å². The number of nitrogens with one attached hydrogen (secondary N) is 1. The second-order valence-electron chi connectivity index (χ2n) is 5.70. The maximum absolute atomic E-state index is 12.0. The first-order chi connectivity index (χ1) is 11.5. The lowest BCUT2D eigenvalue weighted by Crippen LogP contribution is -2.31. The Morgan fingerprint density at radius 2 is 1.96 bits per heavy atom. The molecule has 0 fully saturated rings. The second kappa shape index (κ2) is 8.80. The predicted molar refractivity (Wildman–Crippen MR) is 95.8 cm³/mol. The minimum atomic E-state index is -3.23. The van der Waals surface area contributed by atoms with E-state index in [9.17, 15) is 8.42 Å². The molecule has 0 spiro atoms. The highest BCUT2D eigenvalue weighted by atomic mass is 32.2. The molecule has 24 heavy (non-hydrogen) atoms. The fourth-order valence-electron chi connectivity index (χ4n) is 2.56. The summed E-state index contributed by atoms with van der Waals surface area (Å²) in [5, 5.41) is 0. The van der Waals surface area contributed by atoms with E-state index < -0.39 is 10.0 Å². The molecule has 0 aliphatic heterocycles. The van der Waals surface area contributed by atoms with E-state index >= 15 is 0 Å². The average molecular weight is 348 g/mol. The third-order valence-electron chi connectivity index (χ3n) is 3.81. The Kier molecular flexibility index (Phi) is 6.75. The number of aromatic nitrogens is 1. The summed E-state index contributed by atoms with van der Waals surface area (Å²) in [4.78, 5) is 4.14. The maximum Gasteiger partial charge on any atom is 0.211 e. The fraction of sp³-hybridized carbons (Fsp3) is 0.389. The molecule has 0 aliphatic rings. The fourth-order valence-corrected chi connectivity index (χ4v) is 3.69. The van der Waals surface area contributed by atoms with Crippen LogP contribution in [-0.2, 0) is 16.4 Å². The van der Waals surface area contributed by atoms with Crippen LogP contribution in [0, 0.1) is 0 Å². The Morgan fingerprint density at radius 3 is 2.54 bits per heavy atom. The van der Waals surface area contributed by atoms with Crippen molar-refractivity contribution in [3.05, 3.63) is 59.9 Å². The highest BCUT2D eigenvalue weighted by Gasteiger charge is 2.17. The van der Waals surface area contributed by atoms with E-state index in [4.69, 9.17) is 4.74 Å². The van der Waals surface area contributed by atoms with Crippen molar-refractivity contribution in [2.24, 2.45) is 0 Å². The summed E-state index contributed by atoms with van der Waals surface area (Å²) in [6.45, 7) is 2.22. The number of benzene rings is 1. The minimum absolute atomic E-state index is 0.0340. The number of methoxy groups -OCH3 is 1. The molecule has 0 bridgehead atoms. The molecule has 0 aliphatic carbocycles. The van der Waals surface area contributed by atoms with Gasteiger partial charge in [0.2, 0.25) is 10.0 Å². The Bertz CT molecular complexity index is 716. The number of nitrogens with zero attached hydrogens (tertiary/aromatic N) is 1. The van der Waals surface area contributed by atoms with Gasteiger partial charge in [0.25, 0.3) is 0 Å². The zero-order valence-corrected chi connectivity index (χ0v) is 14.9. The van der Waals surface area contributed by atoms with Crippen LogP contribution in [0.3, 0.4) is 0 Å². The zero-order valence-electron chi connectivity index (χ0n) is 14.1. The lowest BCUT2D eigenvalue weighted by atomic mass is 9.93. The van der Waals surface area contributed by atoms with Crippen LogP contribution < -0.4 is 9.46 Å². The number of pyridine rings is 1. The molecule has 0 saturated heterocycles. The Labute approximate surface area is 144 Å². The molecule has 6 heteroatoms. The molecule has 1 N–H and O–H groups in total. The molecule has 1 aromatic carbocycles. The van der Waals surface area contributed by atoms with Crippen molar-refractivity contribution in [3.63, 3.8) is 0 Å². The monoisotopic (exact) mass is 348 g/mol. The van der Waals surface area contributed by atoms with E-state index in [0.717, 1.165) is 23.3 Å². The number of rotatable bonds is 9. The summed E-state index contributed by atoms with van der Waals surface area (Å²) in [6.07, 6.45) is 4.87. The van der Waals surface area contributed by atoms with Crippen molar-refractivity contribution in [2.45, 2.75) is 25.7 Å². The van der Waals surface area contributed by atoms with Gasteiger partial charge in [-0.1, -0.05) is 25.1 Å². The van der Waals surface area contributed by atoms with Gasteiger partial charge in [-0.25, -0.2) is 13.1 Å². The Morgan fingerprint density at radius 1 is 1.21 bits per heavy atom. The molecule has 2 rings (SSSR count). The zero-order chi connectivity index (χ0) is 17.4. The standard InChI is InChI=1S/C18H24N2O3S/c1-3-11-24(21,22)20-14-17(12-15-5-4-10-19-13-15)16-6-8-18(23-2)9-7-16/h4-10,13,17,20H,3,11-12,14H2,1-2H3. The molecule has 2 aromatic rings. The number of sulfonamides is 1. The van der Waals surface area contributed by atoms with Crippen molar-refractivity contribution < 1.29 is 13.2 Å². The van der Waals surface area contributed by atoms with E-state index in [0.29, 0.717) is 13.0 Å². The molecule has 1 heterocycles. The molecule has 0 saturated carbocycles. The van der Waals surface area contributed by atoms with Gasteiger partial charge in [-0.2, -0.15) is 0 Å². The SMILES string of the molecule is CCCS(=O)(=O)NCC(Cc1cccnc1)c1ccc(OC)cc1. The van der Waals surface area contributed by atoms with Crippen LogP contribution in [0.5, 0.6) is 5.75 Å². The van der Waals surface area contributed by atoms with Gasteiger partial charge in [-0.3, -0.25) is 4.98 Å². The van der Waals surface area contributed by atoms with Gasteiger partial charge in [0, 0.05) is 24.9 Å². The molecular formula is C18H24N2O3S. The van der Waals surface area contributed by atoms with Gasteiger partial charge in [0.15, 0.2) is 0 Å². The van der Waals surface area contributed by atoms with E-state index in [2.05, 4.69) is 9.71 Å². The van der Waals surface area contributed by atoms with Gasteiger partial charge in [0.05, 0.1) is 12.9 Å². The molecule has 1 atom stereocenters. The highest BCUT2D eigenvalue weighted by molar-refractivity contribution is 7.89. The Balaban J connectivity index is 2.17. The molecular weight excluding hydrogens is 324 g/mol. The summed E-state index contributed by atoms with van der Waals surface area (Å²) in [5.41, 5.74) is 2.15. The lowest BCUT2D eigenvalue weighted by Gasteiger charge is -2.18. The molecule has 130 valence electrons. The van der Waals surface area contributed by atoms with Gasteiger partial charge in [-0.05, 0) is 42.2 Å². The summed E-state index contributed by atoms with van der Waals surface area (Å²) in [5.74, 6) is 0.965. The predicted octanol–water partition coefficient (Wildman–Crippen LogP) is 2.75. The summed E-state index contributed by atoms with van der Waals surface area (Å²) < 4.78 is 31.9. The van der Waals surface area contributed by atoms with Crippen molar-refractivity contribution in [2.75, 3.05) is 19.4 Å². The molecule has 5 nitrogen and oxygen atoms in total. The Hall–Kier alpha value is -1.92. The first-order valence-electron chi connectivity index (χ1n) is 8.04.